The Morgan fingerprint density at radius 1 is 1.35 bits per heavy atom. The molecule has 3 N–H and O–H groups in total. The minimum Gasteiger partial charge on any atom is -0.397 e. The standard InChI is InChI=1S/C12H13N3OS/c1-7-3-4-9(13)10(5-7)14-12(16)11-6-8(2)17-15-11/h3-6H,13H2,1-2H3,(H,14,16). The van der Waals surface area contributed by atoms with Crippen LogP contribution >= 0.6 is 11.5 Å². The van der Waals surface area contributed by atoms with Gasteiger partial charge in [-0.3, -0.25) is 4.79 Å². The second kappa shape index (κ2) is 4.55. The van der Waals surface area contributed by atoms with Gasteiger partial charge in [-0.2, -0.15) is 4.37 Å². The number of rotatable bonds is 2. The van der Waals surface area contributed by atoms with Crippen LogP contribution in [0.3, 0.4) is 0 Å². The van der Waals surface area contributed by atoms with Crippen molar-refractivity contribution in [3.63, 3.8) is 0 Å². The fraction of sp³-hybridized carbons (Fsp3) is 0.167. The molecule has 4 nitrogen and oxygen atoms in total. The minimum absolute atomic E-state index is 0.230. The minimum atomic E-state index is -0.230. The molecule has 0 spiro atoms. The molecule has 0 aliphatic carbocycles. The van der Waals surface area contributed by atoms with Crippen LogP contribution in [0.2, 0.25) is 0 Å². The summed E-state index contributed by atoms with van der Waals surface area (Å²) >= 11 is 1.31. The van der Waals surface area contributed by atoms with Gasteiger partial charge in [0.2, 0.25) is 0 Å². The zero-order valence-corrected chi connectivity index (χ0v) is 10.5. The number of nitrogens with two attached hydrogens (primary N) is 1. The molecule has 0 aliphatic rings. The molecule has 0 unspecified atom stereocenters. The normalized spacial score (nSPS) is 10.2. The van der Waals surface area contributed by atoms with E-state index in [4.69, 9.17) is 5.73 Å². The SMILES string of the molecule is Cc1ccc(N)c(NC(=O)c2cc(C)sn2)c1. The van der Waals surface area contributed by atoms with E-state index in [0.717, 1.165) is 10.4 Å². The summed E-state index contributed by atoms with van der Waals surface area (Å²) in [6, 6.07) is 7.27. The zero-order chi connectivity index (χ0) is 12.4. The van der Waals surface area contributed by atoms with E-state index in [1.807, 2.05) is 26.0 Å². The maximum absolute atomic E-state index is 11.9. The van der Waals surface area contributed by atoms with Gasteiger partial charge in [-0.1, -0.05) is 6.07 Å². The van der Waals surface area contributed by atoms with Crippen molar-refractivity contribution in [3.05, 3.63) is 40.4 Å². The molecule has 0 saturated heterocycles. The molecule has 17 heavy (non-hydrogen) atoms. The zero-order valence-electron chi connectivity index (χ0n) is 9.65. The summed E-state index contributed by atoms with van der Waals surface area (Å²) in [5, 5.41) is 2.76. The number of nitrogens with zero attached hydrogens (tertiary/aromatic N) is 1. The predicted octanol–water partition coefficient (Wildman–Crippen LogP) is 2.59. The summed E-state index contributed by atoms with van der Waals surface area (Å²) < 4.78 is 4.05. The van der Waals surface area contributed by atoms with E-state index in [2.05, 4.69) is 9.69 Å². The van der Waals surface area contributed by atoms with Gasteiger partial charge in [0, 0.05) is 4.88 Å². The highest BCUT2D eigenvalue weighted by Gasteiger charge is 2.11. The van der Waals surface area contributed by atoms with Crippen LogP contribution < -0.4 is 11.1 Å². The molecule has 0 radical (unpaired) electrons. The number of carbonyl (C=O) groups excluding carboxylic acids is 1. The lowest BCUT2D eigenvalue weighted by Gasteiger charge is -2.07. The van der Waals surface area contributed by atoms with Crippen molar-refractivity contribution in [2.75, 3.05) is 11.1 Å². The summed E-state index contributed by atoms with van der Waals surface area (Å²) in [6.45, 7) is 3.86. The second-order valence-electron chi connectivity index (χ2n) is 3.87. The van der Waals surface area contributed by atoms with E-state index in [-0.39, 0.29) is 5.91 Å². The van der Waals surface area contributed by atoms with Gasteiger partial charge in [-0.05, 0) is 49.1 Å². The monoisotopic (exact) mass is 247 g/mol. The van der Waals surface area contributed by atoms with Gasteiger partial charge in [0.05, 0.1) is 11.4 Å². The van der Waals surface area contributed by atoms with Crippen LogP contribution in [0.25, 0.3) is 0 Å². The van der Waals surface area contributed by atoms with Gasteiger partial charge in [0.15, 0.2) is 0 Å². The van der Waals surface area contributed by atoms with Crippen LogP contribution in [0.1, 0.15) is 20.9 Å². The molecule has 88 valence electrons. The van der Waals surface area contributed by atoms with Crippen LogP contribution in [0.15, 0.2) is 24.3 Å². The van der Waals surface area contributed by atoms with Gasteiger partial charge >= 0.3 is 0 Å². The number of aryl methyl sites for hydroxylation is 2. The Hall–Kier alpha value is -1.88. The van der Waals surface area contributed by atoms with Gasteiger partial charge in [0.25, 0.3) is 5.91 Å². The first-order valence-corrected chi connectivity index (χ1v) is 5.94. The number of benzene rings is 1. The van der Waals surface area contributed by atoms with Crippen LogP contribution in [0.4, 0.5) is 11.4 Å². The molecule has 0 aliphatic heterocycles. The third kappa shape index (κ3) is 2.62. The maximum atomic E-state index is 11.9. The molecule has 0 bridgehead atoms. The Bertz CT molecular complexity index is 563. The Balaban J connectivity index is 2.21. The summed E-state index contributed by atoms with van der Waals surface area (Å²) in [5.41, 5.74) is 8.44. The number of nitrogens with one attached hydrogen (secondary N) is 1. The summed E-state index contributed by atoms with van der Waals surface area (Å²) in [7, 11) is 0. The Kier molecular flexibility index (Phi) is 3.10. The molecule has 1 aromatic carbocycles. The average Bonchev–Trinajstić information content (AvgIpc) is 2.70. The lowest BCUT2D eigenvalue weighted by Crippen LogP contribution is -2.13. The van der Waals surface area contributed by atoms with Crippen LogP contribution in [-0.4, -0.2) is 10.3 Å². The number of aromatic nitrogens is 1. The van der Waals surface area contributed by atoms with Gasteiger partial charge in [-0.25, -0.2) is 0 Å². The first kappa shape index (κ1) is 11.6. The Morgan fingerprint density at radius 3 is 2.76 bits per heavy atom. The third-order valence-electron chi connectivity index (χ3n) is 2.32. The van der Waals surface area contributed by atoms with Crippen molar-refractivity contribution in [1.29, 1.82) is 0 Å². The van der Waals surface area contributed by atoms with Crippen molar-refractivity contribution in [2.45, 2.75) is 13.8 Å². The second-order valence-corrected chi connectivity index (χ2v) is 4.88. The number of carbonyl (C=O) groups is 1. The number of hydrogen-bond acceptors (Lipinski definition) is 4. The smallest absolute Gasteiger partial charge is 0.275 e. The first-order valence-electron chi connectivity index (χ1n) is 5.17. The number of nitrogen functional groups attached to an aromatic ring is 1. The first-order chi connectivity index (χ1) is 8.06. The van der Waals surface area contributed by atoms with Crippen molar-refractivity contribution >= 4 is 28.8 Å². The molecular formula is C12H13N3OS. The highest BCUT2D eigenvalue weighted by molar-refractivity contribution is 7.05. The van der Waals surface area contributed by atoms with Gasteiger partial charge < -0.3 is 11.1 Å². The fourth-order valence-electron chi connectivity index (χ4n) is 1.44. The molecule has 0 fully saturated rings. The number of amides is 1. The molecule has 1 heterocycles. The van der Waals surface area contributed by atoms with E-state index in [0.29, 0.717) is 17.1 Å². The third-order valence-corrected chi connectivity index (χ3v) is 3.01. The highest BCUT2D eigenvalue weighted by Crippen LogP contribution is 2.20. The van der Waals surface area contributed by atoms with Crippen molar-refractivity contribution < 1.29 is 4.79 Å². The number of hydrogen-bond donors (Lipinski definition) is 2. The molecule has 0 atom stereocenters. The molecule has 2 rings (SSSR count). The Morgan fingerprint density at radius 2 is 2.12 bits per heavy atom. The highest BCUT2D eigenvalue weighted by atomic mass is 32.1. The molecule has 2 aromatic rings. The maximum Gasteiger partial charge on any atom is 0.275 e. The number of anilines is 2. The van der Waals surface area contributed by atoms with E-state index >= 15 is 0 Å². The molecule has 5 heteroatoms. The van der Waals surface area contributed by atoms with E-state index < -0.39 is 0 Å². The largest absolute Gasteiger partial charge is 0.397 e. The van der Waals surface area contributed by atoms with Gasteiger partial charge in [0.1, 0.15) is 5.69 Å². The van der Waals surface area contributed by atoms with Crippen LogP contribution in [-0.2, 0) is 0 Å². The molecule has 1 aromatic heterocycles. The molecular weight excluding hydrogens is 234 g/mol. The van der Waals surface area contributed by atoms with Gasteiger partial charge in [-0.15, -0.1) is 0 Å². The molecule has 1 amide bonds. The summed E-state index contributed by atoms with van der Waals surface area (Å²) in [5.74, 6) is -0.230. The van der Waals surface area contributed by atoms with Crippen molar-refractivity contribution in [3.8, 4) is 0 Å². The van der Waals surface area contributed by atoms with E-state index in [1.165, 1.54) is 11.5 Å². The Labute approximate surface area is 104 Å². The molecule has 0 saturated carbocycles. The average molecular weight is 247 g/mol. The van der Waals surface area contributed by atoms with E-state index in [9.17, 15) is 4.79 Å². The quantitative estimate of drug-likeness (QED) is 0.801. The summed E-state index contributed by atoms with van der Waals surface area (Å²) in [6.07, 6.45) is 0. The van der Waals surface area contributed by atoms with Crippen molar-refractivity contribution in [1.82, 2.24) is 4.37 Å². The van der Waals surface area contributed by atoms with Crippen LogP contribution in [0.5, 0.6) is 0 Å². The van der Waals surface area contributed by atoms with E-state index in [1.54, 1.807) is 12.1 Å². The summed E-state index contributed by atoms with van der Waals surface area (Å²) in [4.78, 5) is 12.9. The van der Waals surface area contributed by atoms with Crippen LogP contribution in [0, 0.1) is 13.8 Å². The topological polar surface area (TPSA) is 68.0 Å². The van der Waals surface area contributed by atoms with Crippen molar-refractivity contribution in [2.24, 2.45) is 0 Å². The fourth-order valence-corrected chi connectivity index (χ4v) is 1.98. The predicted molar refractivity (Wildman–Crippen MR) is 70.4 cm³/mol. The lowest BCUT2D eigenvalue weighted by atomic mass is 10.2. The lowest BCUT2D eigenvalue weighted by molar-refractivity contribution is 0.102.